The van der Waals surface area contributed by atoms with Gasteiger partial charge in [-0.25, -0.2) is 0 Å². The first-order valence-corrected chi connectivity index (χ1v) is 6.57. The predicted molar refractivity (Wildman–Crippen MR) is 83.7 cm³/mol. The Morgan fingerprint density at radius 3 is 2.80 bits per heavy atom. The fraction of sp³-hybridized carbons (Fsp3) is 0.400. The molecule has 0 spiro atoms. The Hall–Kier alpha value is -1.52. The number of hydrogen-bond donors (Lipinski definition) is 1. The van der Waals surface area contributed by atoms with Crippen LogP contribution in [0, 0.1) is 0 Å². The summed E-state index contributed by atoms with van der Waals surface area (Å²) in [5, 5.41) is 1.02. The van der Waals surface area contributed by atoms with Crippen LogP contribution in [0.15, 0.2) is 24.4 Å². The number of aromatic amines is 1. The van der Waals surface area contributed by atoms with Gasteiger partial charge in [0.1, 0.15) is 5.75 Å². The number of benzene rings is 1. The normalized spacial score (nSPS) is 10.6. The van der Waals surface area contributed by atoms with E-state index in [1.165, 1.54) is 12.5 Å². The maximum absolute atomic E-state index is 11.2. The maximum Gasteiger partial charge on any atom is 0.308 e. The molecule has 1 N–H and O–H groups in total. The number of ether oxygens (including phenoxy) is 1. The van der Waals surface area contributed by atoms with Crippen molar-refractivity contribution in [2.45, 2.75) is 20.3 Å². The van der Waals surface area contributed by atoms with Gasteiger partial charge in [0, 0.05) is 30.6 Å². The van der Waals surface area contributed by atoms with Gasteiger partial charge in [0.15, 0.2) is 0 Å². The van der Waals surface area contributed by atoms with E-state index in [1.807, 2.05) is 24.4 Å². The highest BCUT2D eigenvalue weighted by molar-refractivity contribution is 5.91. The number of nitrogens with one attached hydrogen (secondary N) is 1. The molecule has 110 valence electrons. The number of esters is 1. The molecule has 0 saturated carbocycles. The van der Waals surface area contributed by atoms with E-state index < -0.39 is 0 Å². The van der Waals surface area contributed by atoms with Crippen molar-refractivity contribution in [3.8, 4) is 5.75 Å². The molecule has 0 amide bonds. The summed E-state index contributed by atoms with van der Waals surface area (Å²) in [5.74, 6) is 0.353. The molecule has 0 unspecified atom stereocenters. The Morgan fingerprint density at radius 2 is 2.15 bits per heavy atom. The van der Waals surface area contributed by atoms with Crippen molar-refractivity contribution in [3.63, 3.8) is 0 Å². The molecule has 1 aromatic heterocycles. The highest BCUT2D eigenvalue weighted by Gasteiger charge is 2.11. The van der Waals surface area contributed by atoms with Gasteiger partial charge in [-0.05, 0) is 37.7 Å². The van der Waals surface area contributed by atoms with Gasteiger partial charge in [0.2, 0.25) is 0 Å². The van der Waals surface area contributed by atoms with Crippen molar-refractivity contribution in [3.05, 3.63) is 30.0 Å². The third-order valence-corrected chi connectivity index (χ3v) is 3.31. The third-order valence-electron chi connectivity index (χ3n) is 3.31. The van der Waals surface area contributed by atoms with Crippen LogP contribution in [0.5, 0.6) is 5.75 Å². The average Bonchev–Trinajstić information content (AvgIpc) is 2.79. The summed E-state index contributed by atoms with van der Waals surface area (Å²) in [7, 11) is 2.10. The molecule has 20 heavy (non-hydrogen) atoms. The van der Waals surface area contributed by atoms with Crippen LogP contribution in [0.1, 0.15) is 19.4 Å². The summed E-state index contributed by atoms with van der Waals surface area (Å²) in [6.07, 6.45) is 2.93. The van der Waals surface area contributed by atoms with Crippen LogP contribution in [0.2, 0.25) is 0 Å². The maximum atomic E-state index is 11.2. The van der Waals surface area contributed by atoms with E-state index in [2.05, 4.69) is 23.9 Å². The minimum Gasteiger partial charge on any atom is -0.426 e. The molecule has 0 radical (unpaired) electrons. The zero-order chi connectivity index (χ0) is 13.8. The van der Waals surface area contributed by atoms with E-state index in [1.54, 1.807) is 0 Å². The Bertz CT molecular complexity index is 580. The lowest BCUT2D eigenvalue weighted by atomic mass is 10.1. The lowest BCUT2D eigenvalue weighted by Gasteiger charge is -2.13. The van der Waals surface area contributed by atoms with Gasteiger partial charge in [0.25, 0.3) is 0 Å². The average molecular weight is 297 g/mol. The minimum absolute atomic E-state index is 0. The summed E-state index contributed by atoms with van der Waals surface area (Å²) in [5.41, 5.74) is 2.19. The summed E-state index contributed by atoms with van der Waals surface area (Å²) < 4.78 is 5.29. The number of H-pyrrole nitrogens is 1. The van der Waals surface area contributed by atoms with Crippen molar-refractivity contribution >= 4 is 29.3 Å². The van der Waals surface area contributed by atoms with Crippen LogP contribution >= 0.6 is 12.4 Å². The zero-order valence-electron chi connectivity index (χ0n) is 12.1. The fourth-order valence-electron chi connectivity index (χ4n) is 2.13. The SMILES string of the molecule is CCN(C)CCc1c[nH]c2cccc(OC(C)=O)c12.Cl. The summed E-state index contributed by atoms with van der Waals surface area (Å²) in [4.78, 5) is 16.7. The van der Waals surface area contributed by atoms with E-state index in [4.69, 9.17) is 4.74 Å². The van der Waals surface area contributed by atoms with Crippen molar-refractivity contribution < 1.29 is 9.53 Å². The van der Waals surface area contributed by atoms with Crippen molar-refractivity contribution in [2.24, 2.45) is 0 Å². The Morgan fingerprint density at radius 1 is 1.40 bits per heavy atom. The quantitative estimate of drug-likeness (QED) is 0.681. The van der Waals surface area contributed by atoms with Gasteiger partial charge < -0.3 is 14.6 Å². The predicted octanol–water partition coefficient (Wildman–Crippen LogP) is 3.01. The van der Waals surface area contributed by atoms with Crippen LogP contribution in [0.3, 0.4) is 0 Å². The number of nitrogens with zero attached hydrogens (tertiary/aromatic N) is 1. The second-order valence-electron chi connectivity index (χ2n) is 4.73. The summed E-state index contributed by atoms with van der Waals surface area (Å²) in [6, 6.07) is 5.72. The first-order chi connectivity index (χ1) is 9.11. The van der Waals surface area contributed by atoms with E-state index in [0.29, 0.717) is 5.75 Å². The summed E-state index contributed by atoms with van der Waals surface area (Å²) >= 11 is 0. The highest BCUT2D eigenvalue weighted by Crippen LogP contribution is 2.29. The van der Waals surface area contributed by atoms with Gasteiger partial charge in [-0.2, -0.15) is 0 Å². The van der Waals surface area contributed by atoms with Crippen molar-refractivity contribution in [1.29, 1.82) is 0 Å². The van der Waals surface area contributed by atoms with Crippen LogP contribution in [0.25, 0.3) is 10.9 Å². The lowest BCUT2D eigenvalue weighted by molar-refractivity contribution is -0.131. The number of likely N-dealkylation sites (N-methyl/N-ethyl adjacent to an activating group) is 1. The molecule has 0 saturated heterocycles. The molecular weight excluding hydrogens is 276 g/mol. The van der Waals surface area contributed by atoms with Crippen molar-refractivity contribution in [2.75, 3.05) is 20.1 Å². The van der Waals surface area contributed by atoms with Gasteiger partial charge in [-0.3, -0.25) is 4.79 Å². The number of carbonyl (C=O) groups is 1. The van der Waals surface area contributed by atoms with Crippen LogP contribution < -0.4 is 4.74 Å². The molecule has 0 aliphatic carbocycles. The number of carbonyl (C=O) groups excluding carboxylic acids is 1. The van der Waals surface area contributed by atoms with Crippen molar-refractivity contribution in [1.82, 2.24) is 9.88 Å². The topological polar surface area (TPSA) is 45.3 Å². The standard InChI is InChI=1S/C15H20N2O2.ClH/c1-4-17(3)9-8-12-10-16-13-6-5-7-14(15(12)13)19-11(2)18;/h5-7,10,16H,4,8-9H2,1-3H3;1H. The van der Waals surface area contributed by atoms with Gasteiger partial charge in [0.05, 0.1) is 0 Å². The second kappa shape index (κ2) is 7.31. The molecule has 1 aromatic carbocycles. The molecule has 5 heteroatoms. The van der Waals surface area contributed by atoms with Crippen LogP contribution in [-0.2, 0) is 11.2 Å². The number of aromatic nitrogens is 1. The Labute approximate surface area is 125 Å². The minimum atomic E-state index is -0.287. The molecule has 1 heterocycles. The van der Waals surface area contributed by atoms with Crippen LogP contribution in [-0.4, -0.2) is 36.0 Å². The first kappa shape index (κ1) is 16.5. The van der Waals surface area contributed by atoms with E-state index in [-0.39, 0.29) is 18.4 Å². The number of rotatable bonds is 5. The molecule has 0 aliphatic rings. The van der Waals surface area contributed by atoms with E-state index >= 15 is 0 Å². The summed E-state index contributed by atoms with van der Waals surface area (Å²) in [6.45, 7) is 5.58. The zero-order valence-corrected chi connectivity index (χ0v) is 12.9. The molecule has 2 aromatic rings. The number of fused-ring (bicyclic) bond motifs is 1. The van der Waals surface area contributed by atoms with Gasteiger partial charge >= 0.3 is 5.97 Å². The van der Waals surface area contributed by atoms with Gasteiger partial charge in [-0.15, -0.1) is 12.4 Å². The fourth-order valence-corrected chi connectivity index (χ4v) is 2.13. The monoisotopic (exact) mass is 296 g/mol. The molecule has 4 nitrogen and oxygen atoms in total. The first-order valence-electron chi connectivity index (χ1n) is 6.57. The third kappa shape index (κ3) is 3.74. The molecule has 0 atom stereocenters. The molecule has 0 bridgehead atoms. The number of halogens is 1. The molecular formula is C15H21ClN2O2. The lowest BCUT2D eigenvalue weighted by Crippen LogP contribution is -2.20. The second-order valence-corrected chi connectivity index (χ2v) is 4.73. The van der Waals surface area contributed by atoms with E-state index in [0.717, 1.165) is 30.4 Å². The highest BCUT2D eigenvalue weighted by atomic mass is 35.5. The van der Waals surface area contributed by atoms with Crippen LogP contribution in [0.4, 0.5) is 0 Å². The molecule has 0 aliphatic heterocycles. The Balaban J connectivity index is 0.00000200. The number of hydrogen-bond acceptors (Lipinski definition) is 3. The van der Waals surface area contributed by atoms with E-state index in [9.17, 15) is 4.79 Å². The smallest absolute Gasteiger partial charge is 0.308 e. The Kier molecular flexibility index (Phi) is 6.05. The molecule has 0 fully saturated rings. The largest absolute Gasteiger partial charge is 0.426 e. The molecule has 2 rings (SSSR count). The van der Waals surface area contributed by atoms with Gasteiger partial charge in [-0.1, -0.05) is 13.0 Å².